The summed E-state index contributed by atoms with van der Waals surface area (Å²) >= 11 is 9.56. The monoisotopic (exact) mass is 417 g/mol. The van der Waals surface area contributed by atoms with Crippen molar-refractivity contribution in [2.45, 2.75) is 20.8 Å². The number of nitrogens with one attached hydrogen (secondary N) is 2. The van der Waals surface area contributed by atoms with Crippen LogP contribution < -0.4 is 10.6 Å². The van der Waals surface area contributed by atoms with Crippen LogP contribution in [0.25, 0.3) is 0 Å². The van der Waals surface area contributed by atoms with Crippen LogP contribution in [0.1, 0.15) is 16.7 Å². The number of aryl methyl sites for hydroxylation is 3. The summed E-state index contributed by atoms with van der Waals surface area (Å²) in [5, 5.41) is 6.50. The number of benzene rings is 2. The minimum atomic E-state index is 0.125. The molecule has 25 heavy (non-hydrogen) atoms. The second-order valence-electron chi connectivity index (χ2n) is 5.78. The SMILES string of the molecule is Cc1ccc(Nc2nc(Cl)nc(Nc3c(C)cc(Br)cc3C)n2)cc1. The van der Waals surface area contributed by atoms with E-state index in [4.69, 9.17) is 11.6 Å². The third-order valence-corrected chi connectivity index (χ3v) is 4.28. The summed E-state index contributed by atoms with van der Waals surface area (Å²) in [5.74, 6) is 0.780. The Hall–Kier alpha value is -2.18. The van der Waals surface area contributed by atoms with Gasteiger partial charge in [-0.15, -0.1) is 0 Å². The maximum atomic E-state index is 6.06. The van der Waals surface area contributed by atoms with Gasteiger partial charge in [0.15, 0.2) is 0 Å². The van der Waals surface area contributed by atoms with Gasteiger partial charge < -0.3 is 10.6 Å². The van der Waals surface area contributed by atoms with E-state index in [1.165, 1.54) is 5.56 Å². The number of rotatable bonds is 4. The average molecular weight is 419 g/mol. The van der Waals surface area contributed by atoms with Gasteiger partial charge in [0, 0.05) is 15.8 Å². The van der Waals surface area contributed by atoms with Crippen LogP contribution in [0.3, 0.4) is 0 Å². The molecule has 0 amide bonds. The summed E-state index contributed by atoms with van der Waals surface area (Å²) in [6.07, 6.45) is 0. The molecule has 5 nitrogen and oxygen atoms in total. The van der Waals surface area contributed by atoms with Gasteiger partial charge in [0.05, 0.1) is 0 Å². The molecule has 0 aliphatic carbocycles. The third kappa shape index (κ3) is 4.46. The number of hydrogen-bond donors (Lipinski definition) is 2. The van der Waals surface area contributed by atoms with Crippen LogP contribution in [0.2, 0.25) is 5.28 Å². The number of anilines is 4. The minimum absolute atomic E-state index is 0.125. The number of aromatic nitrogens is 3. The van der Waals surface area contributed by atoms with E-state index in [9.17, 15) is 0 Å². The molecular weight excluding hydrogens is 402 g/mol. The number of hydrogen-bond acceptors (Lipinski definition) is 5. The van der Waals surface area contributed by atoms with E-state index in [2.05, 4.69) is 41.5 Å². The van der Waals surface area contributed by atoms with Crippen LogP contribution in [-0.2, 0) is 0 Å². The largest absolute Gasteiger partial charge is 0.324 e. The van der Waals surface area contributed by atoms with Crippen molar-refractivity contribution < 1.29 is 0 Å². The maximum absolute atomic E-state index is 6.06. The molecule has 0 saturated heterocycles. The molecule has 0 saturated carbocycles. The van der Waals surface area contributed by atoms with Crippen LogP contribution in [0, 0.1) is 20.8 Å². The third-order valence-electron chi connectivity index (χ3n) is 3.65. The van der Waals surface area contributed by atoms with Gasteiger partial charge in [-0.25, -0.2) is 0 Å². The zero-order valence-electron chi connectivity index (χ0n) is 14.1. The quantitative estimate of drug-likeness (QED) is 0.569. The fourth-order valence-corrected chi connectivity index (χ4v) is 3.29. The lowest BCUT2D eigenvalue weighted by molar-refractivity contribution is 1.06. The molecule has 3 aromatic rings. The van der Waals surface area contributed by atoms with Crippen molar-refractivity contribution in [2.75, 3.05) is 10.6 Å². The molecule has 1 aromatic heterocycles. The second-order valence-corrected chi connectivity index (χ2v) is 7.04. The molecule has 1 heterocycles. The highest BCUT2D eigenvalue weighted by atomic mass is 79.9. The first-order valence-electron chi connectivity index (χ1n) is 7.70. The van der Waals surface area contributed by atoms with Crippen LogP contribution in [0.5, 0.6) is 0 Å². The second kappa shape index (κ2) is 7.37. The minimum Gasteiger partial charge on any atom is -0.324 e. The van der Waals surface area contributed by atoms with Crippen molar-refractivity contribution in [1.29, 1.82) is 0 Å². The van der Waals surface area contributed by atoms with Crippen molar-refractivity contribution in [3.05, 3.63) is 62.8 Å². The van der Waals surface area contributed by atoms with E-state index >= 15 is 0 Å². The molecule has 3 rings (SSSR count). The van der Waals surface area contributed by atoms with Gasteiger partial charge in [0.1, 0.15) is 0 Å². The van der Waals surface area contributed by atoms with Crippen LogP contribution in [-0.4, -0.2) is 15.0 Å². The molecule has 0 radical (unpaired) electrons. The van der Waals surface area contributed by atoms with Crippen molar-refractivity contribution in [2.24, 2.45) is 0 Å². The van der Waals surface area contributed by atoms with Crippen molar-refractivity contribution in [1.82, 2.24) is 15.0 Å². The van der Waals surface area contributed by atoms with E-state index in [-0.39, 0.29) is 5.28 Å². The summed E-state index contributed by atoms with van der Waals surface area (Å²) in [5.41, 5.74) is 5.18. The molecule has 0 aliphatic rings. The standard InChI is InChI=1S/C18H17BrClN5/c1-10-4-6-14(7-5-10)21-17-23-16(20)24-18(25-17)22-15-11(2)8-13(19)9-12(15)3/h4-9H,1-3H3,(H2,21,22,23,24,25). The molecule has 7 heteroatoms. The Bertz CT molecular complexity index is 889. The lowest BCUT2D eigenvalue weighted by Crippen LogP contribution is -2.05. The molecular formula is C18H17BrClN5. The van der Waals surface area contributed by atoms with E-state index in [1.807, 2.05) is 57.2 Å². The van der Waals surface area contributed by atoms with Gasteiger partial charge in [-0.05, 0) is 67.8 Å². The predicted molar refractivity (Wildman–Crippen MR) is 106 cm³/mol. The number of nitrogens with zero attached hydrogens (tertiary/aromatic N) is 3. The first-order chi connectivity index (χ1) is 11.9. The van der Waals surface area contributed by atoms with Crippen molar-refractivity contribution >= 4 is 50.8 Å². The zero-order chi connectivity index (χ0) is 18.0. The van der Waals surface area contributed by atoms with Gasteiger partial charge in [-0.2, -0.15) is 15.0 Å². The molecule has 0 atom stereocenters. The first-order valence-corrected chi connectivity index (χ1v) is 8.87. The number of halogens is 2. The Balaban J connectivity index is 1.88. The van der Waals surface area contributed by atoms with E-state index in [0.29, 0.717) is 11.9 Å². The molecule has 0 bridgehead atoms. The molecule has 2 aromatic carbocycles. The average Bonchev–Trinajstić information content (AvgIpc) is 2.52. The Morgan fingerprint density at radius 1 is 0.840 bits per heavy atom. The lowest BCUT2D eigenvalue weighted by Gasteiger charge is -2.13. The smallest absolute Gasteiger partial charge is 0.233 e. The van der Waals surface area contributed by atoms with Gasteiger partial charge in [0.2, 0.25) is 17.2 Å². The van der Waals surface area contributed by atoms with E-state index in [0.717, 1.165) is 27.0 Å². The molecule has 0 unspecified atom stereocenters. The molecule has 0 spiro atoms. The fourth-order valence-electron chi connectivity index (χ4n) is 2.45. The van der Waals surface area contributed by atoms with Gasteiger partial charge in [-0.1, -0.05) is 33.6 Å². The normalized spacial score (nSPS) is 10.6. The topological polar surface area (TPSA) is 62.7 Å². The van der Waals surface area contributed by atoms with Gasteiger partial charge in [0.25, 0.3) is 0 Å². The highest BCUT2D eigenvalue weighted by molar-refractivity contribution is 9.10. The summed E-state index contributed by atoms with van der Waals surface area (Å²) in [4.78, 5) is 12.7. The van der Waals surface area contributed by atoms with Crippen molar-refractivity contribution in [3.8, 4) is 0 Å². The van der Waals surface area contributed by atoms with Gasteiger partial charge in [-0.3, -0.25) is 0 Å². The summed E-state index contributed by atoms with van der Waals surface area (Å²) in [6, 6.07) is 12.0. The molecule has 128 valence electrons. The molecule has 0 fully saturated rings. The Kier molecular flexibility index (Phi) is 5.20. The fraction of sp³-hybridized carbons (Fsp3) is 0.167. The van der Waals surface area contributed by atoms with Gasteiger partial charge >= 0.3 is 0 Å². The highest BCUT2D eigenvalue weighted by Crippen LogP contribution is 2.27. The first kappa shape index (κ1) is 17.6. The summed E-state index contributed by atoms with van der Waals surface area (Å²) < 4.78 is 1.03. The summed E-state index contributed by atoms with van der Waals surface area (Å²) in [7, 11) is 0. The highest BCUT2D eigenvalue weighted by Gasteiger charge is 2.10. The van der Waals surface area contributed by atoms with E-state index in [1.54, 1.807) is 0 Å². The molecule has 2 N–H and O–H groups in total. The Morgan fingerprint density at radius 3 is 2.00 bits per heavy atom. The zero-order valence-corrected chi connectivity index (χ0v) is 16.4. The Labute approximate surface area is 160 Å². The maximum Gasteiger partial charge on any atom is 0.233 e. The predicted octanol–water partition coefficient (Wildman–Crippen LogP) is 5.70. The van der Waals surface area contributed by atoms with Crippen LogP contribution >= 0.6 is 27.5 Å². The van der Waals surface area contributed by atoms with Crippen LogP contribution in [0.4, 0.5) is 23.3 Å². The van der Waals surface area contributed by atoms with Crippen LogP contribution in [0.15, 0.2) is 40.9 Å². The molecule has 0 aliphatic heterocycles. The lowest BCUT2D eigenvalue weighted by atomic mass is 10.1. The summed E-state index contributed by atoms with van der Waals surface area (Å²) in [6.45, 7) is 6.08. The Morgan fingerprint density at radius 2 is 1.40 bits per heavy atom. The van der Waals surface area contributed by atoms with Crippen molar-refractivity contribution in [3.63, 3.8) is 0 Å². The van der Waals surface area contributed by atoms with E-state index < -0.39 is 0 Å².